The molecule has 4 aromatic rings. The Labute approximate surface area is 203 Å². The highest BCUT2D eigenvalue weighted by molar-refractivity contribution is 5.79. The first kappa shape index (κ1) is 23.7. The average Bonchev–Trinajstić information content (AvgIpc) is 3.15. The maximum Gasteiger partial charge on any atom is 0.224 e. The van der Waals surface area contributed by atoms with Gasteiger partial charge in [0.25, 0.3) is 0 Å². The number of aromatic nitrogens is 2. The molecule has 4 heteroatoms. The van der Waals surface area contributed by atoms with Crippen molar-refractivity contribution in [2.75, 3.05) is 6.54 Å². The number of fused-ring (bicyclic) bond motifs is 1. The van der Waals surface area contributed by atoms with Crippen LogP contribution in [0.4, 0.5) is 0 Å². The van der Waals surface area contributed by atoms with Crippen LogP contribution in [0.15, 0.2) is 72.8 Å². The molecule has 0 aliphatic rings. The SMILES string of the molecule is Cc1ccccc1CC(=O)NCCCc1nc2ccccc2n1Cc1ccc(C(C)(C)C)cc1. The van der Waals surface area contributed by atoms with Gasteiger partial charge in [0.05, 0.1) is 17.5 Å². The topological polar surface area (TPSA) is 46.9 Å². The lowest BCUT2D eigenvalue weighted by atomic mass is 9.87. The highest BCUT2D eigenvalue weighted by Gasteiger charge is 2.14. The van der Waals surface area contributed by atoms with Crippen molar-refractivity contribution in [1.29, 1.82) is 0 Å². The summed E-state index contributed by atoms with van der Waals surface area (Å²) in [6, 6.07) is 25.3. The molecule has 0 fully saturated rings. The van der Waals surface area contributed by atoms with Gasteiger partial charge in [-0.3, -0.25) is 4.79 Å². The van der Waals surface area contributed by atoms with E-state index < -0.39 is 0 Å². The highest BCUT2D eigenvalue weighted by Crippen LogP contribution is 2.24. The summed E-state index contributed by atoms with van der Waals surface area (Å²) in [4.78, 5) is 17.3. The van der Waals surface area contributed by atoms with Crippen molar-refractivity contribution < 1.29 is 4.79 Å². The molecule has 4 rings (SSSR count). The van der Waals surface area contributed by atoms with Crippen LogP contribution in [0.5, 0.6) is 0 Å². The summed E-state index contributed by atoms with van der Waals surface area (Å²) in [7, 11) is 0. The predicted molar refractivity (Wildman–Crippen MR) is 140 cm³/mol. The lowest BCUT2D eigenvalue weighted by molar-refractivity contribution is -0.120. The molecule has 1 heterocycles. The minimum atomic E-state index is 0.0711. The van der Waals surface area contributed by atoms with Gasteiger partial charge >= 0.3 is 0 Å². The normalized spacial score (nSPS) is 11.6. The van der Waals surface area contributed by atoms with E-state index in [0.717, 1.165) is 47.4 Å². The van der Waals surface area contributed by atoms with E-state index >= 15 is 0 Å². The van der Waals surface area contributed by atoms with Gasteiger partial charge in [-0.2, -0.15) is 0 Å². The van der Waals surface area contributed by atoms with Crippen LogP contribution in [0.1, 0.15) is 55.3 Å². The number of benzene rings is 3. The Morgan fingerprint density at radius 1 is 0.941 bits per heavy atom. The quantitative estimate of drug-likeness (QED) is 0.334. The molecule has 0 radical (unpaired) electrons. The zero-order valence-electron chi connectivity index (χ0n) is 20.8. The van der Waals surface area contributed by atoms with Gasteiger partial charge < -0.3 is 9.88 Å². The van der Waals surface area contributed by atoms with Gasteiger partial charge in [-0.15, -0.1) is 0 Å². The van der Waals surface area contributed by atoms with E-state index in [2.05, 4.69) is 73.1 Å². The molecule has 1 N–H and O–H groups in total. The van der Waals surface area contributed by atoms with Gasteiger partial charge in [0.1, 0.15) is 5.82 Å². The van der Waals surface area contributed by atoms with Gasteiger partial charge in [-0.1, -0.05) is 81.4 Å². The molecule has 0 bridgehead atoms. The van der Waals surface area contributed by atoms with Crippen molar-refractivity contribution >= 4 is 16.9 Å². The molecule has 0 aliphatic heterocycles. The van der Waals surface area contributed by atoms with E-state index in [1.165, 1.54) is 11.1 Å². The minimum Gasteiger partial charge on any atom is -0.356 e. The molecule has 0 spiro atoms. The Bertz CT molecular complexity index is 1260. The van der Waals surface area contributed by atoms with Crippen LogP contribution in [0.25, 0.3) is 11.0 Å². The summed E-state index contributed by atoms with van der Waals surface area (Å²) in [5.74, 6) is 1.14. The fraction of sp³-hybridized carbons (Fsp3) is 0.333. The Hall–Kier alpha value is -3.40. The second kappa shape index (κ2) is 10.3. The van der Waals surface area contributed by atoms with Crippen LogP contribution in [0.2, 0.25) is 0 Å². The van der Waals surface area contributed by atoms with Crippen LogP contribution in [-0.2, 0) is 29.6 Å². The maximum absolute atomic E-state index is 12.4. The number of carbonyl (C=O) groups is 1. The number of nitrogens with zero attached hydrogens (tertiary/aromatic N) is 2. The van der Waals surface area contributed by atoms with E-state index in [4.69, 9.17) is 4.98 Å². The largest absolute Gasteiger partial charge is 0.356 e. The van der Waals surface area contributed by atoms with Crippen molar-refractivity contribution in [1.82, 2.24) is 14.9 Å². The number of nitrogens with one attached hydrogen (secondary N) is 1. The van der Waals surface area contributed by atoms with E-state index in [1.807, 2.05) is 37.3 Å². The van der Waals surface area contributed by atoms with Crippen LogP contribution < -0.4 is 5.32 Å². The van der Waals surface area contributed by atoms with E-state index in [9.17, 15) is 4.79 Å². The van der Waals surface area contributed by atoms with E-state index in [-0.39, 0.29) is 11.3 Å². The van der Waals surface area contributed by atoms with Gasteiger partial charge in [-0.25, -0.2) is 4.98 Å². The summed E-state index contributed by atoms with van der Waals surface area (Å²) >= 11 is 0. The van der Waals surface area contributed by atoms with Crippen LogP contribution >= 0.6 is 0 Å². The number of aryl methyl sites for hydroxylation is 2. The Kier molecular flexibility index (Phi) is 7.16. The number of hydrogen-bond acceptors (Lipinski definition) is 2. The number of amides is 1. The molecule has 3 aromatic carbocycles. The Morgan fingerprint density at radius 3 is 2.38 bits per heavy atom. The van der Waals surface area contributed by atoms with Crippen molar-refractivity contribution in [2.24, 2.45) is 0 Å². The van der Waals surface area contributed by atoms with Crippen LogP contribution in [-0.4, -0.2) is 22.0 Å². The lowest BCUT2D eigenvalue weighted by Crippen LogP contribution is -2.26. The number of imidazole rings is 1. The summed E-state index contributed by atoms with van der Waals surface area (Å²) in [6.07, 6.45) is 2.10. The molecule has 0 saturated carbocycles. The predicted octanol–water partition coefficient (Wildman–Crippen LogP) is 5.98. The standard InChI is InChI=1S/C30H35N3O/c1-22-10-5-6-11-24(22)20-29(34)31-19-9-14-28-32-26-12-7-8-13-27(26)33(28)21-23-15-17-25(18-16-23)30(2,3)4/h5-8,10-13,15-18H,9,14,19-21H2,1-4H3,(H,31,34). The molecule has 176 valence electrons. The Balaban J connectivity index is 1.41. The summed E-state index contributed by atoms with van der Waals surface area (Å²) in [6.45, 7) is 10.2. The highest BCUT2D eigenvalue weighted by atomic mass is 16.1. The molecule has 0 saturated heterocycles. The summed E-state index contributed by atoms with van der Waals surface area (Å²) in [5, 5.41) is 3.08. The first-order chi connectivity index (χ1) is 16.3. The van der Waals surface area contributed by atoms with Crippen molar-refractivity contribution in [3.8, 4) is 0 Å². The van der Waals surface area contributed by atoms with E-state index in [0.29, 0.717) is 13.0 Å². The minimum absolute atomic E-state index is 0.0711. The van der Waals surface area contributed by atoms with Gasteiger partial charge in [0.2, 0.25) is 5.91 Å². The van der Waals surface area contributed by atoms with Crippen molar-refractivity contribution in [3.05, 3.63) is 101 Å². The molecule has 4 nitrogen and oxygen atoms in total. The number of carbonyl (C=O) groups excluding carboxylic acids is 1. The van der Waals surface area contributed by atoms with Crippen LogP contribution in [0.3, 0.4) is 0 Å². The molecule has 1 amide bonds. The molecule has 0 atom stereocenters. The fourth-order valence-corrected chi connectivity index (χ4v) is 4.30. The third kappa shape index (κ3) is 5.74. The summed E-state index contributed by atoms with van der Waals surface area (Å²) in [5.41, 5.74) is 7.17. The smallest absolute Gasteiger partial charge is 0.224 e. The average molecular weight is 454 g/mol. The third-order valence-corrected chi connectivity index (χ3v) is 6.41. The number of para-hydroxylation sites is 2. The fourth-order valence-electron chi connectivity index (χ4n) is 4.30. The van der Waals surface area contributed by atoms with Gasteiger partial charge in [0, 0.05) is 19.5 Å². The lowest BCUT2D eigenvalue weighted by Gasteiger charge is -2.19. The zero-order valence-corrected chi connectivity index (χ0v) is 20.8. The molecule has 34 heavy (non-hydrogen) atoms. The second-order valence-corrected chi connectivity index (χ2v) is 10.1. The first-order valence-electron chi connectivity index (χ1n) is 12.2. The first-order valence-corrected chi connectivity index (χ1v) is 12.2. The third-order valence-electron chi connectivity index (χ3n) is 6.41. The number of rotatable bonds is 8. The second-order valence-electron chi connectivity index (χ2n) is 10.1. The summed E-state index contributed by atoms with van der Waals surface area (Å²) < 4.78 is 2.32. The molecular weight excluding hydrogens is 418 g/mol. The number of hydrogen-bond donors (Lipinski definition) is 1. The molecule has 1 aromatic heterocycles. The zero-order chi connectivity index (χ0) is 24.1. The van der Waals surface area contributed by atoms with Gasteiger partial charge in [-0.05, 0) is 53.1 Å². The van der Waals surface area contributed by atoms with E-state index in [1.54, 1.807) is 0 Å². The Morgan fingerprint density at radius 2 is 1.65 bits per heavy atom. The molecule has 0 unspecified atom stereocenters. The molecule has 0 aliphatic carbocycles. The van der Waals surface area contributed by atoms with Gasteiger partial charge in [0.15, 0.2) is 0 Å². The molecular formula is C30H35N3O. The monoisotopic (exact) mass is 453 g/mol. The van der Waals surface area contributed by atoms with Crippen molar-refractivity contribution in [3.63, 3.8) is 0 Å². The van der Waals surface area contributed by atoms with Crippen molar-refractivity contribution in [2.45, 2.75) is 58.9 Å². The maximum atomic E-state index is 12.4. The van der Waals surface area contributed by atoms with Crippen LogP contribution in [0, 0.1) is 6.92 Å².